The van der Waals surface area contributed by atoms with Gasteiger partial charge in [0.2, 0.25) is 11.8 Å². The van der Waals surface area contributed by atoms with Gasteiger partial charge in [-0.3, -0.25) is 13.9 Å². The molecule has 4 rings (SSSR count). The van der Waals surface area contributed by atoms with Crippen molar-refractivity contribution in [3.05, 3.63) is 83.1 Å². The molecule has 12 heteroatoms. The lowest BCUT2D eigenvalue weighted by Crippen LogP contribution is -2.53. The fourth-order valence-electron chi connectivity index (χ4n) is 5.18. The molecule has 0 saturated heterocycles. The highest BCUT2D eigenvalue weighted by Crippen LogP contribution is 2.33. The molecule has 0 bridgehead atoms. The van der Waals surface area contributed by atoms with Gasteiger partial charge in [-0.1, -0.05) is 43.0 Å². The Morgan fingerprint density at radius 3 is 2.20 bits per heavy atom. The first-order chi connectivity index (χ1) is 21.0. The predicted molar refractivity (Wildman–Crippen MR) is 167 cm³/mol. The van der Waals surface area contributed by atoms with Gasteiger partial charge in [-0.15, -0.1) is 0 Å². The van der Waals surface area contributed by atoms with E-state index in [1.54, 1.807) is 6.92 Å². The number of amides is 2. The van der Waals surface area contributed by atoms with Crippen LogP contribution in [0.2, 0.25) is 5.02 Å². The van der Waals surface area contributed by atoms with Gasteiger partial charge in [-0.05, 0) is 73.9 Å². The van der Waals surface area contributed by atoms with Crippen LogP contribution in [-0.2, 0) is 26.2 Å². The number of carbonyl (C=O) groups excluding carboxylic acids is 2. The number of hydrogen-bond donors (Lipinski definition) is 1. The molecular formula is C32H37ClFN3O6S. The minimum Gasteiger partial charge on any atom is -0.493 e. The molecule has 1 atom stereocenters. The molecule has 0 unspecified atom stereocenters. The average Bonchev–Trinajstić information content (AvgIpc) is 3.03. The SMILES string of the molecule is COc1ccc(S(=O)(=O)N(CC(=O)N(Cc2ccc(F)cc2)[C@@H](C)C(=O)NC2CCCCC2)c2ccc(Cl)cc2)cc1OC. The zero-order chi connectivity index (χ0) is 31.9. The minimum absolute atomic E-state index is 0.0115. The highest BCUT2D eigenvalue weighted by molar-refractivity contribution is 7.92. The second-order valence-corrected chi connectivity index (χ2v) is 13.0. The number of nitrogens with one attached hydrogen (secondary N) is 1. The number of halogens is 2. The normalized spacial score (nSPS) is 14.4. The molecule has 44 heavy (non-hydrogen) atoms. The van der Waals surface area contributed by atoms with E-state index >= 15 is 0 Å². The summed E-state index contributed by atoms with van der Waals surface area (Å²) < 4.78 is 53.4. The second-order valence-electron chi connectivity index (χ2n) is 10.7. The monoisotopic (exact) mass is 645 g/mol. The van der Waals surface area contributed by atoms with E-state index in [9.17, 15) is 22.4 Å². The van der Waals surface area contributed by atoms with Gasteiger partial charge in [0.25, 0.3) is 10.0 Å². The third-order valence-electron chi connectivity index (χ3n) is 7.72. The summed E-state index contributed by atoms with van der Waals surface area (Å²) in [5.41, 5.74) is 0.774. The molecule has 0 heterocycles. The summed E-state index contributed by atoms with van der Waals surface area (Å²) in [4.78, 5) is 28.7. The molecule has 3 aromatic rings. The van der Waals surface area contributed by atoms with Crippen LogP contribution >= 0.6 is 11.6 Å². The van der Waals surface area contributed by atoms with Crippen LogP contribution in [0.1, 0.15) is 44.6 Å². The molecule has 236 valence electrons. The highest BCUT2D eigenvalue weighted by Gasteiger charge is 2.33. The third kappa shape index (κ3) is 8.00. The van der Waals surface area contributed by atoms with Crippen molar-refractivity contribution in [3.8, 4) is 11.5 Å². The molecule has 1 saturated carbocycles. The van der Waals surface area contributed by atoms with E-state index in [0.29, 0.717) is 16.3 Å². The van der Waals surface area contributed by atoms with Gasteiger partial charge in [0.15, 0.2) is 11.5 Å². The zero-order valence-corrected chi connectivity index (χ0v) is 26.5. The Labute approximate surface area is 262 Å². The molecule has 0 spiro atoms. The molecular weight excluding hydrogens is 609 g/mol. The lowest BCUT2D eigenvalue weighted by atomic mass is 9.95. The van der Waals surface area contributed by atoms with Gasteiger partial charge in [0.05, 0.1) is 24.8 Å². The molecule has 3 aromatic carbocycles. The summed E-state index contributed by atoms with van der Waals surface area (Å²) >= 11 is 6.09. The summed E-state index contributed by atoms with van der Waals surface area (Å²) in [6.07, 6.45) is 4.87. The van der Waals surface area contributed by atoms with Crippen molar-refractivity contribution in [2.45, 2.75) is 62.6 Å². The second kappa shape index (κ2) is 14.8. The van der Waals surface area contributed by atoms with E-state index < -0.39 is 34.3 Å². The maximum Gasteiger partial charge on any atom is 0.264 e. The fraction of sp³-hybridized carbons (Fsp3) is 0.375. The Morgan fingerprint density at radius 2 is 1.59 bits per heavy atom. The molecule has 1 N–H and O–H groups in total. The van der Waals surface area contributed by atoms with Crippen molar-refractivity contribution in [1.82, 2.24) is 10.2 Å². The molecule has 9 nitrogen and oxygen atoms in total. The van der Waals surface area contributed by atoms with Crippen molar-refractivity contribution in [3.63, 3.8) is 0 Å². The number of rotatable bonds is 12. The number of sulfonamides is 1. The molecule has 2 amide bonds. The average molecular weight is 646 g/mol. The standard InChI is InChI=1S/C32H37ClFN3O6S/c1-22(32(39)35-26-7-5-4-6-8-26)36(20-23-9-13-25(34)14-10-23)31(38)21-37(27-15-11-24(33)12-16-27)44(40,41)28-17-18-29(42-2)30(19-28)43-3/h9-19,22,26H,4-8,20-21H2,1-3H3,(H,35,39)/t22-/m0/s1. The number of ether oxygens (including phenoxy) is 2. The van der Waals surface area contributed by atoms with Gasteiger partial charge >= 0.3 is 0 Å². The third-order valence-corrected chi connectivity index (χ3v) is 9.74. The molecule has 0 aromatic heterocycles. The van der Waals surface area contributed by atoms with Crippen molar-refractivity contribution in [1.29, 1.82) is 0 Å². The van der Waals surface area contributed by atoms with Gasteiger partial charge < -0.3 is 19.7 Å². The first kappa shape index (κ1) is 33.1. The van der Waals surface area contributed by atoms with Crippen LogP contribution in [-0.4, -0.2) is 58.0 Å². The zero-order valence-electron chi connectivity index (χ0n) is 25.0. The van der Waals surface area contributed by atoms with Crippen molar-refractivity contribution in [2.75, 3.05) is 25.1 Å². The Hall–Kier alpha value is -3.83. The Morgan fingerprint density at radius 1 is 0.955 bits per heavy atom. The number of methoxy groups -OCH3 is 2. The summed E-state index contributed by atoms with van der Waals surface area (Å²) in [5, 5.41) is 3.44. The number of carbonyl (C=O) groups is 2. The smallest absolute Gasteiger partial charge is 0.264 e. The fourth-order valence-corrected chi connectivity index (χ4v) is 6.73. The number of anilines is 1. The lowest BCUT2D eigenvalue weighted by molar-refractivity contribution is -0.139. The molecule has 0 aliphatic heterocycles. The van der Waals surface area contributed by atoms with Crippen LogP contribution in [0, 0.1) is 5.82 Å². The van der Waals surface area contributed by atoms with Crippen LogP contribution in [0.15, 0.2) is 71.6 Å². The van der Waals surface area contributed by atoms with Gasteiger partial charge in [-0.2, -0.15) is 0 Å². The maximum atomic E-state index is 14.1. The van der Waals surface area contributed by atoms with Crippen molar-refractivity contribution < 1.29 is 31.9 Å². The van der Waals surface area contributed by atoms with Gasteiger partial charge in [-0.25, -0.2) is 12.8 Å². The van der Waals surface area contributed by atoms with Crippen LogP contribution in [0.4, 0.5) is 10.1 Å². The van der Waals surface area contributed by atoms with E-state index in [1.807, 2.05) is 0 Å². The molecule has 1 aliphatic carbocycles. The van der Waals surface area contributed by atoms with Gasteiger partial charge in [0, 0.05) is 23.7 Å². The Kier molecular flexibility index (Phi) is 11.1. The number of benzene rings is 3. The first-order valence-electron chi connectivity index (χ1n) is 14.4. The first-order valence-corrected chi connectivity index (χ1v) is 16.2. The quantitative estimate of drug-likeness (QED) is 0.277. The summed E-state index contributed by atoms with van der Waals surface area (Å²) in [6.45, 7) is 0.943. The van der Waals surface area contributed by atoms with E-state index in [4.69, 9.17) is 21.1 Å². The summed E-state index contributed by atoms with van der Waals surface area (Å²) in [5.74, 6) is -0.872. The highest BCUT2D eigenvalue weighted by atomic mass is 35.5. The minimum atomic E-state index is -4.34. The summed E-state index contributed by atoms with van der Waals surface area (Å²) in [6, 6.07) is 14.8. The molecule has 1 fully saturated rings. The van der Waals surface area contributed by atoms with E-state index in [1.165, 1.54) is 85.8 Å². The van der Waals surface area contributed by atoms with E-state index in [0.717, 1.165) is 36.4 Å². The number of nitrogens with zero attached hydrogens (tertiary/aromatic N) is 2. The predicted octanol–water partition coefficient (Wildman–Crippen LogP) is 5.56. The largest absolute Gasteiger partial charge is 0.493 e. The van der Waals surface area contributed by atoms with Crippen LogP contribution in [0.5, 0.6) is 11.5 Å². The lowest BCUT2D eigenvalue weighted by Gasteiger charge is -2.33. The maximum absolute atomic E-state index is 14.1. The summed E-state index contributed by atoms with van der Waals surface area (Å²) in [7, 11) is -1.52. The topological polar surface area (TPSA) is 105 Å². The van der Waals surface area contributed by atoms with E-state index in [-0.39, 0.29) is 34.8 Å². The van der Waals surface area contributed by atoms with Crippen LogP contribution in [0.3, 0.4) is 0 Å². The van der Waals surface area contributed by atoms with E-state index in [2.05, 4.69) is 5.32 Å². The van der Waals surface area contributed by atoms with Crippen molar-refractivity contribution >= 4 is 39.1 Å². The van der Waals surface area contributed by atoms with Crippen molar-refractivity contribution in [2.24, 2.45) is 0 Å². The molecule has 1 aliphatic rings. The van der Waals surface area contributed by atoms with Crippen LogP contribution in [0.25, 0.3) is 0 Å². The van der Waals surface area contributed by atoms with Gasteiger partial charge in [0.1, 0.15) is 18.4 Å². The Bertz CT molecular complexity index is 1550. The molecule has 0 radical (unpaired) electrons. The van der Waals surface area contributed by atoms with Crippen LogP contribution < -0.4 is 19.1 Å². The Balaban J connectivity index is 1.70. The number of hydrogen-bond acceptors (Lipinski definition) is 6.